The number of carbonyl (C=O) groups is 4. The van der Waals surface area contributed by atoms with Crippen molar-refractivity contribution < 1.29 is 28.7 Å². The fourth-order valence-electron chi connectivity index (χ4n) is 8.27. The van der Waals surface area contributed by atoms with Crippen LogP contribution in [0.4, 0.5) is 0 Å². The fourth-order valence-corrected chi connectivity index (χ4v) is 8.27. The highest BCUT2D eigenvalue weighted by Gasteiger charge is 2.64. The molecule has 0 amide bonds. The molecule has 2 fully saturated rings. The lowest BCUT2D eigenvalue weighted by Crippen LogP contribution is -2.49. The number of ether oxygens (including phenoxy) is 2. The molecule has 0 spiro atoms. The first-order valence-electron chi connectivity index (χ1n) is 17.5. The van der Waals surface area contributed by atoms with E-state index in [2.05, 4.69) is 19.1 Å². The van der Waals surface area contributed by atoms with Crippen molar-refractivity contribution in [3.63, 3.8) is 0 Å². The van der Waals surface area contributed by atoms with E-state index in [9.17, 15) is 19.2 Å². The van der Waals surface area contributed by atoms with E-state index in [-0.39, 0.29) is 6.42 Å². The van der Waals surface area contributed by atoms with Crippen LogP contribution in [0.15, 0.2) is 48.5 Å². The van der Waals surface area contributed by atoms with Crippen LogP contribution in [0.5, 0.6) is 0 Å². The molecule has 3 aliphatic rings. The number of hydrogen-bond donors (Lipinski definition) is 0. The quantitative estimate of drug-likeness (QED) is 0.101. The van der Waals surface area contributed by atoms with Gasteiger partial charge < -0.3 is 9.47 Å². The molecule has 0 radical (unpaired) electrons. The van der Waals surface area contributed by atoms with Crippen LogP contribution in [-0.4, -0.2) is 23.9 Å². The van der Waals surface area contributed by atoms with Crippen molar-refractivity contribution in [2.75, 3.05) is 0 Å². The summed E-state index contributed by atoms with van der Waals surface area (Å²) in [6, 6.07) is 15.7. The van der Waals surface area contributed by atoms with Crippen LogP contribution in [0.2, 0.25) is 0 Å². The van der Waals surface area contributed by atoms with Crippen LogP contribution in [0.3, 0.4) is 0 Å². The summed E-state index contributed by atoms with van der Waals surface area (Å²) < 4.78 is 10.2. The average Bonchev–Trinajstić information content (AvgIpc) is 3.54. The van der Waals surface area contributed by atoms with Crippen LogP contribution in [0.1, 0.15) is 144 Å². The lowest BCUT2D eigenvalue weighted by atomic mass is 9.51. The van der Waals surface area contributed by atoms with E-state index in [0.29, 0.717) is 5.56 Å². The number of esters is 4. The second kappa shape index (κ2) is 15.3. The van der Waals surface area contributed by atoms with Gasteiger partial charge in [0.25, 0.3) is 0 Å². The molecule has 2 saturated heterocycles. The largest absolute Gasteiger partial charge is 0.393 e. The van der Waals surface area contributed by atoms with Gasteiger partial charge in [-0.3, -0.25) is 19.2 Å². The number of carbonyl (C=O) groups excluding carboxylic acids is 4. The Hall–Kier alpha value is -3.28. The number of cyclic esters (lactones) is 4. The van der Waals surface area contributed by atoms with Crippen molar-refractivity contribution in [1.82, 2.24) is 0 Å². The van der Waals surface area contributed by atoms with Gasteiger partial charge >= 0.3 is 23.9 Å². The van der Waals surface area contributed by atoms with Crippen LogP contribution in [-0.2, 0) is 40.5 Å². The SMILES string of the molecule is CCCCCCCCCCCCCCCCc1ccc(C2C3C(=O)OC(=O)C3c3ccccc3C2(C)C2CC(=O)OC2=O)cc1. The second-order valence-electron chi connectivity index (χ2n) is 13.7. The van der Waals surface area contributed by atoms with Gasteiger partial charge in [-0.15, -0.1) is 0 Å². The molecule has 2 aliphatic heterocycles. The highest BCUT2D eigenvalue weighted by atomic mass is 16.6. The van der Waals surface area contributed by atoms with Gasteiger partial charge in [0.2, 0.25) is 0 Å². The molecule has 6 nitrogen and oxygen atoms in total. The lowest BCUT2D eigenvalue weighted by Gasteiger charge is -2.48. The first kappa shape index (κ1) is 33.1. The van der Waals surface area contributed by atoms with Gasteiger partial charge in [-0.05, 0) is 35.1 Å². The smallest absolute Gasteiger partial charge is 0.321 e. The van der Waals surface area contributed by atoms with Gasteiger partial charge in [-0.2, -0.15) is 0 Å². The molecular weight excluding hydrogens is 564 g/mol. The molecule has 0 bridgehead atoms. The molecule has 5 atom stereocenters. The predicted molar refractivity (Wildman–Crippen MR) is 174 cm³/mol. The van der Waals surface area contributed by atoms with Gasteiger partial charge in [0, 0.05) is 11.3 Å². The predicted octanol–water partition coefficient (Wildman–Crippen LogP) is 8.64. The molecule has 242 valence electrons. The van der Waals surface area contributed by atoms with Crippen LogP contribution in [0, 0.1) is 11.8 Å². The first-order chi connectivity index (χ1) is 21.9. The Labute approximate surface area is 268 Å². The van der Waals surface area contributed by atoms with Crippen molar-refractivity contribution in [3.05, 3.63) is 70.8 Å². The summed E-state index contributed by atoms with van der Waals surface area (Å²) in [5, 5.41) is 0. The van der Waals surface area contributed by atoms with Crippen molar-refractivity contribution in [3.8, 4) is 0 Å². The maximum Gasteiger partial charge on any atom is 0.321 e. The van der Waals surface area contributed by atoms with E-state index >= 15 is 0 Å². The monoisotopic (exact) mass is 614 g/mol. The first-order valence-corrected chi connectivity index (χ1v) is 17.5. The molecule has 0 N–H and O–H groups in total. The molecule has 0 aromatic heterocycles. The van der Waals surface area contributed by atoms with E-state index in [4.69, 9.17) is 9.47 Å². The van der Waals surface area contributed by atoms with Gasteiger partial charge in [-0.1, -0.05) is 146 Å². The summed E-state index contributed by atoms with van der Waals surface area (Å²) in [6.07, 6.45) is 19.6. The maximum absolute atomic E-state index is 13.3. The van der Waals surface area contributed by atoms with Gasteiger partial charge in [0.15, 0.2) is 0 Å². The van der Waals surface area contributed by atoms with Crippen LogP contribution < -0.4 is 0 Å². The minimum atomic E-state index is -0.944. The topological polar surface area (TPSA) is 86.7 Å². The number of unbranched alkanes of at least 4 members (excludes halogenated alkanes) is 13. The number of benzene rings is 2. The number of hydrogen-bond acceptors (Lipinski definition) is 6. The van der Waals surface area contributed by atoms with Crippen LogP contribution >= 0.6 is 0 Å². The van der Waals surface area contributed by atoms with E-state index in [1.165, 1.54) is 89.0 Å². The summed E-state index contributed by atoms with van der Waals surface area (Å²) in [4.78, 5) is 51.6. The Balaban J connectivity index is 1.19. The Morgan fingerprint density at radius 2 is 1.24 bits per heavy atom. The molecule has 45 heavy (non-hydrogen) atoms. The average molecular weight is 615 g/mol. The second-order valence-corrected chi connectivity index (χ2v) is 13.7. The Morgan fingerprint density at radius 1 is 0.667 bits per heavy atom. The van der Waals surface area contributed by atoms with E-state index in [1.807, 2.05) is 43.3 Å². The van der Waals surface area contributed by atoms with Crippen molar-refractivity contribution in [1.29, 1.82) is 0 Å². The minimum absolute atomic E-state index is 0.0578. The molecule has 0 saturated carbocycles. The van der Waals surface area contributed by atoms with Crippen LogP contribution in [0.25, 0.3) is 0 Å². The highest BCUT2D eigenvalue weighted by molar-refractivity contribution is 6.02. The third kappa shape index (κ3) is 7.26. The van der Waals surface area contributed by atoms with Crippen molar-refractivity contribution >= 4 is 23.9 Å². The molecule has 6 heteroatoms. The van der Waals surface area contributed by atoms with Gasteiger partial charge in [0.1, 0.15) is 0 Å². The normalized spacial score (nSPS) is 25.6. The molecule has 1 aliphatic carbocycles. The summed E-state index contributed by atoms with van der Waals surface area (Å²) in [5.74, 6) is -5.08. The lowest BCUT2D eigenvalue weighted by molar-refractivity contribution is -0.156. The number of aryl methyl sites for hydroxylation is 1. The third-order valence-electron chi connectivity index (χ3n) is 10.7. The van der Waals surface area contributed by atoms with E-state index in [0.717, 1.165) is 24.0 Å². The van der Waals surface area contributed by atoms with Crippen molar-refractivity contribution in [2.45, 2.75) is 134 Å². The fraction of sp³-hybridized carbons (Fsp3) is 0.590. The Bertz CT molecular complexity index is 1350. The highest BCUT2D eigenvalue weighted by Crippen LogP contribution is 2.61. The van der Waals surface area contributed by atoms with Gasteiger partial charge in [0.05, 0.1) is 24.2 Å². The molecule has 5 rings (SSSR count). The molecule has 2 aromatic rings. The number of fused-ring (bicyclic) bond motifs is 3. The van der Waals surface area contributed by atoms with E-state index in [1.54, 1.807) is 0 Å². The molecule has 2 aromatic carbocycles. The summed E-state index contributed by atoms with van der Waals surface area (Å²) >= 11 is 0. The van der Waals surface area contributed by atoms with Gasteiger partial charge in [-0.25, -0.2) is 0 Å². The Kier molecular flexibility index (Phi) is 11.3. The summed E-state index contributed by atoms with van der Waals surface area (Å²) in [6.45, 7) is 4.21. The zero-order valence-electron chi connectivity index (χ0n) is 27.2. The maximum atomic E-state index is 13.3. The molecule has 5 unspecified atom stereocenters. The summed E-state index contributed by atoms with van der Waals surface area (Å²) in [7, 11) is 0. The third-order valence-corrected chi connectivity index (χ3v) is 10.7. The summed E-state index contributed by atoms with van der Waals surface area (Å²) in [5.41, 5.74) is 2.64. The standard InChI is InChI=1S/C39H50O6/c1-3-4-5-6-7-8-9-10-11-12-13-14-15-16-19-27-22-24-28(25-23-27)35-34-33(37(42)45-38(34)43)29-20-17-18-21-30(29)39(35,2)31-26-32(40)44-36(31)41/h17-18,20-25,31,33-35H,3-16,19,26H2,1-2H3. The minimum Gasteiger partial charge on any atom is -0.393 e. The van der Waals surface area contributed by atoms with Crippen molar-refractivity contribution in [2.24, 2.45) is 11.8 Å². The Morgan fingerprint density at radius 3 is 1.82 bits per heavy atom. The zero-order chi connectivity index (χ0) is 31.8. The molecule has 2 heterocycles. The molecular formula is C39H50O6. The zero-order valence-corrected chi connectivity index (χ0v) is 27.2. The number of rotatable bonds is 17. The van der Waals surface area contributed by atoms with E-state index < -0.39 is 53.0 Å².